The maximum Gasteiger partial charge on any atom is 0.407 e. The molecule has 0 aliphatic heterocycles. The summed E-state index contributed by atoms with van der Waals surface area (Å²) < 4.78 is 5.26. The fraction of sp³-hybridized carbons (Fsp3) is 0.611. The van der Waals surface area contributed by atoms with Crippen LogP contribution in [-0.4, -0.2) is 18.7 Å². The van der Waals surface area contributed by atoms with Gasteiger partial charge in [-0.1, -0.05) is 56.2 Å². The molecule has 0 spiro atoms. The zero-order valence-corrected chi connectivity index (χ0v) is 14.7. The number of benzene rings is 1. The molecule has 24 heavy (non-hydrogen) atoms. The summed E-state index contributed by atoms with van der Waals surface area (Å²) in [5.74, 6) is 0. The van der Waals surface area contributed by atoms with Crippen LogP contribution in [-0.2, 0) is 11.3 Å². The van der Waals surface area contributed by atoms with Crippen LogP contribution in [0.2, 0.25) is 0 Å². The van der Waals surface area contributed by atoms with Gasteiger partial charge in [0.05, 0.1) is 0 Å². The van der Waals surface area contributed by atoms with Crippen LogP contribution in [0.1, 0.15) is 45.6 Å². The van der Waals surface area contributed by atoms with Crippen LogP contribution in [0.3, 0.4) is 0 Å². The zero-order chi connectivity index (χ0) is 17.6. The van der Waals surface area contributed by atoms with Crippen LogP contribution in [0.5, 0.6) is 0 Å². The van der Waals surface area contributed by atoms with Gasteiger partial charge in [0.15, 0.2) is 0 Å². The van der Waals surface area contributed by atoms with E-state index in [0.717, 1.165) is 24.8 Å². The van der Waals surface area contributed by atoms with E-state index in [1.165, 1.54) is 0 Å². The van der Waals surface area contributed by atoms with E-state index in [2.05, 4.69) is 36.1 Å². The Hall–Kier alpha value is -2.20. The molecule has 2 atom stereocenters. The molecule has 0 heterocycles. The average Bonchev–Trinajstić information content (AvgIpc) is 2.50. The summed E-state index contributed by atoms with van der Waals surface area (Å²) in [5, 5.41) is 6.78. The molecule has 6 heteroatoms. The van der Waals surface area contributed by atoms with Crippen molar-refractivity contribution >= 4 is 6.09 Å². The summed E-state index contributed by atoms with van der Waals surface area (Å²) in [6.45, 7) is 7.26. The molecule has 0 radical (unpaired) electrons. The normalized spacial score (nSPS) is 25.4. The van der Waals surface area contributed by atoms with Gasteiger partial charge in [-0.3, -0.25) is 0 Å². The minimum absolute atomic E-state index is 0.0223. The number of carbonyl (C=O) groups is 1. The minimum Gasteiger partial charge on any atom is -0.445 e. The van der Waals surface area contributed by atoms with Crippen molar-refractivity contribution in [1.82, 2.24) is 5.32 Å². The van der Waals surface area contributed by atoms with E-state index in [0.29, 0.717) is 6.54 Å². The first-order valence-corrected chi connectivity index (χ1v) is 8.31. The van der Waals surface area contributed by atoms with Crippen molar-refractivity contribution in [3.63, 3.8) is 0 Å². The van der Waals surface area contributed by atoms with E-state index in [1.807, 2.05) is 30.3 Å². The summed E-state index contributed by atoms with van der Waals surface area (Å²) >= 11 is 0. The molecular weight excluding hydrogens is 304 g/mol. The van der Waals surface area contributed by atoms with Crippen LogP contribution in [0, 0.1) is 10.8 Å². The van der Waals surface area contributed by atoms with Crippen LogP contribution in [0.4, 0.5) is 4.79 Å². The largest absolute Gasteiger partial charge is 0.445 e. The highest BCUT2D eigenvalue weighted by atomic mass is 16.5. The first-order chi connectivity index (χ1) is 11.3. The number of azide groups is 1. The van der Waals surface area contributed by atoms with Crippen molar-refractivity contribution in [2.75, 3.05) is 6.54 Å². The maximum atomic E-state index is 12.0. The third kappa shape index (κ3) is 5.46. The van der Waals surface area contributed by atoms with E-state index < -0.39 is 6.09 Å². The average molecular weight is 330 g/mol. The molecular formula is C18H26N4O2. The second-order valence-electron chi connectivity index (χ2n) is 7.83. The van der Waals surface area contributed by atoms with Gasteiger partial charge in [-0.05, 0) is 41.2 Å². The predicted octanol–water partition coefficient (Wildman–Crippen LogP) is 4.81. The lowest BCUT2D eigenvalue weighted by Gasteiger charge is -2.45. The number of alkyl carbamates (subject to hydrolysis) is 1. The molecule has 1 aromatic carbocycles. The Labute approximate surface area is 143 Å². The van der Waals surface area contributed by atoms with E-state index >= 15 is 0 Å². The summed E-state index contributed by atoms with van der Waals surface area (Å²) in [6.07, 6.45) is 2.21. The van der Waals surface area contributed by atoms with E-state index in [9.17, 15) is 4.79 Å². The highest BCUT2D eigenvalue weighted by molar-refractivity contribution is 5.67. The second-order valence-corrected chi connectivity index (χ2v) is 7.83. The molecule has 1 amide bonds. The van der Waals surface area contributed by atoms with Crippen molar-refractivity contribution in [3.05, 3.63) is 46.3 Å². The fourth-order valence-electron chi connectivity index (χ4n) is 3.93. The highest BCUT2D eigenvalue weighted by Crippen LogP contribution is 2.46. The minimum atomic E-state index is -0.413. The SMILES string of the molecule is CC1(C)CC(N=[N+]=[N-])CC(C)(CNC(=O)OCc2ccccc2)C1. The Bertz CT molecular complexity index is 611. The van der Waals surface area contributed by atoms with E-state index in [-0.39, 0.29) is 23.5 Å². The van der Waals surface area contributed by atoms with Crippen molar-refractivity contribution in [3.8, 4) is 0 Å². The lowest BCUT2D eigenvalue weighted by Crippen LogP contribution is -2.44. The van der Waals surface area contributed by atoms with Crippen molar-refractivity contribution < 1.29 is 9.53 Å². The molecule has 0 aromatic heterocycles. The van der Waals surface area contributed by atoms with Crippen LogP contribution >= 0.6 is 0 Å². The van der Waals surface area contributed by atoms with Crippen LogP contribution in [0.25, 0.3) is 10.4 Å². The van der Waals surface area contributed by atoms with E-state index in [4.69, 9.17) is 10.3 Å². The Morgan fingerprint density at radius 1 is 1.33 bits per heavy atom. The number of hydrogen-bond acceptors (Lipinski definition) is 3. The summed E-state index contributed by atoms with van der Waals surface area (Å²) in [4.78, 5) is 14.9. The first-order valence-electron chi connectivity index (χ1n) is 8.31. The van der Waals surface area contributed by atoms with Gasteiger partial charge in [-0.2, -0.15) is 0 Å². The van der Waals surface area contributed by atoms with Gasteiger partial charge in [0.1, 0.15) is 6.61 Å². The molecule has 2 rings (SSSR count). The smallest absolute Gasteiger partial charge is 0.407 e. The van der Waals surface area contributed by atoms with Gasteiger partial charge >= 0.3 is 6.09 Å². The van der Waals surface area contributed by atoms with Crippen LogP contribution in [0.15, 0.2) is 35.4 Å². The van der Waals surface area contributed by atoms with Crippen molar-refractivity contribution in [2.24, 2.45) is 15.9 Å². The molecule has 6 nitrogen and oxygen atoms in total. The van der Waals surface area contributed by atoms with Gasteiger partial charge in [0, 0.05) is 17.5 Å². The summed E-state index contributed by atoms with van der Waals surface area (Å²) in [5.41, 5.74) is 9.66. The molecule has 1 aliphatic carbocycles. The molecule has 0 saturated heterocycles. The van der Waals surface area contributed by atoms with Gasteiger partial charge in [0.25, 0.3) is 0 Å². The topological polar surface area (TPSA) is 87.1 Å². The second kappa shape index (κ2) is 7.58. The number of hydrogen-bond donors (Lipinski definition) is 1. The van der Waals surface area contributed by atoms with Crippen molar-refractivity contribution in [2.45, 2.75) is 52.7 Å². The fourth-order valence-corrected chi connectivity index (χ4v) is 3.93. The number of nitrogens with zero attached hydrogens (tertiary/aromatic N) is 3. The summed E-state index contributed by atoms with van der Waals surface area (Å²) in [6, 6.07) is 9.57. The number of rotatable bonds is 5. The lowest BCUT2D eigenvalue weighted by molar-refractivity contribution is 0.0770. The third-order valence-corrected chi connectivity index (χ3v) is 4.51. The Morgan fingerprint density at radius 2 is 2.04 bits per heavy atom. The Balaban J connectivity index is 1.86. The molecule has 1 saturated carbocycles. The molecule has 1 aliphatic rings. The number of ether oxygens (including phenoxy) is 1. The van der Waals surface area contributed by atoms with Crippen LogP contribution < -0.4 is 5.32 Å². The third-order valence-electron chi connectivity index (χ3n) is 4.51. The molecule has 0 bridgehead atoms. The number of amides is 1. The summed E-state index contributed by atoms with van der Waals surface area (Å²) in [7, 11) is 0. The molecule has 2 unspecified atom stereocenters. The first kappa shape index (κ1) is 18.1. The quantitative estimate of drug-likeness (QED) is 0.477. The van der Waals surface area contributed by atoms with Gasteiger partial charge in [-0.15, -0.1) is 0 Å². The monoisotopic (exact) mass is 330 g/mol. The standard InChI is InChI=1S/C18H26N4O2/c1-17(2)9-15(21-22-19)10-18(3,12-17)13-20-16(23)24-11-14-7-5-4-6-8-14/h4-8,15H,9-13H2,1-3H3,(H,20,23). The number of nitrogens with one attached hydrogen (secondary N) is 1. The lowest BCUT2D eigenvalue weighted by atomic mass is 9.63. The Kier molecular flexibility index (Phi) is 5.73. The molecule has 130 valence electrons. The molecule has 1 aromatic rings. The molecule has 1 fully saturated rings. The highest BCUT2D eigenvalue weighted by Gasteiger charge is 2.41. The molecule has 1 N–H and O–H groups in total. The predicted molar refractivity (Wildman–Crippen MR) is 93.3 cm³/mol. The maximum absolute atomic E-state index is 12.0. The Morgan fingerprint density at radius 3 is 2.71 bits per heavy atom. The van der Waals surface area contributed by atoms with Crippen molar-refractivity contribution in [1.29, 1.82) is 0 Å². The number of carbonyl (C=O) groups excluding carboxylic acids is 1. The zero-order valence-electron chi connectivity index (χ0n) is 14.7. The van der Waals surface area contributed by atoms with Gasteiger partial charge < -0.3 is 10.1 Å². The van der Waals surface area contributed by atoms with E-state index in [1.54, 1.807) is 0 Å². The van der Waals surface area contributed by atoms with Gasteiger partial charge in [0.2, 0.25) is 0 Å². The van der Waals surface area contributed by atoms with Gasteiger partial charge in [-0.25, -0.2) is 4.79 Å².